The summed E-state index contributed by atoms with van der Waals surface area (Å²) in [5.41, 5.74) is 4.72. The van der Waals surface area contributed by atoms with Gasteiger partial charge in [-0.1, -0.05) is 35.0 Å². The van der Waals surface area contributed by atoms with Crippen molar-refractivity contribution in [3.05, 3.63) is 59.9 Å². The van der Waals surface area contributed by atoms with Gasteiger partial charge in [-0.2, -0.15) is 0 Å². The highest BCUT2D eigenvalue weighted by atomic mass is 79.9. The van der Waals surface area contributed by atoms with Crippen LogP contribution in [0.15, 0.2) is 37.7 Å². The van der Waals surface area contributed by atoms with Gasteiger partial charge in [0.25, 0.3) is 5.91 Å². The number of anilines is 1. The summed E-state index contributed by atoms with van der Waals surface area (Å²) in [4.78, 5) is 12.5. The van der Waals surface area contributed by atoms with Crippen molar-refractivity contribution in [2.45, 2.75) is 27.2 Å². The fourth-order valence-corrected chi connectivity index (χ4v) is 4.32. The van der Waals surface area contributed by atoms with E-state index in [1.54, 1.807) is 0 Å². The number of hydrogen-bond acceptors (Lipinski definition) is 1. The third kappa shape index (κ3) is 3.47. The summed E-state index contributed by atoms with van der Waals surface area (Å²) in [5.74, 6) is -0.120. The van der Waals surface area contributed by atoms with Crippen molar-refractivity contribution in [2.24, 2.45) is 0 Å². The third-order valence-corrected chi connectivity index (χ3v) is 6.79. The monoisotopic (exact) mass is 487 g/mol. The van der Waals surface area contributed by atoms with E-state index in [9.17, 15) is 4.79 Å². The highest BCUT2D eigenvalue weighted by molar-refractivity contribution is 9.11. The van der Waals surface area contributed by atoms with Crippen molar-refractivity contribution in [3.8, 4) is 0 Å². The van der Waals surface area contributed by atoms with E-state index in [-0.39, 0.29) is 5.91 Å². The first-order chi connectivity index (χ1) is 10.4. The number of benzene rings is 2. The smallest absolute Gasteiger partial charge is 0.255 e. The van der Waals surface area contributed by atoms with Gasteiger partial charge in [-0.05, 0) is 81.0 Å². The first-order valence-corrected chi connectivity index (χ1v) is 9.28. The molecule has 0 fully saturated rings. The molecule has 2 aromatic rings. The van der Waals surface area contributed by atoms with E-state index < -0.39 is 0 Å². The maximum atomic E-state index is 12.5. The second-order valence-electron chi connectivity index (χ2n) is 5.07. The van der Waals surface area contributed by atoms with Crippen LogP contribution in [0, 0.1) is 13.8 Å². The molecule has 1 N–H and O–H groups in total. The molecule has 0 spiro atoms. The molecule has 0 heterocycles. The summed E-state index contributed by atoms with van der Waals surface area (Å²) in [5, 5.41) is 2.99. The molecule has 22 heavy (non-hydrogen) atoms. The zero-order valence-electron chi connectivity index (χ0n) is 12.6. The van der Waals surface area contributed by atoms with Gasteiger partial charge in [0, 0.05) is 19.0 Å². The Labute approximate surface area is 156 Å². The van der Waals surface area contributed by atoms with Crippen LogP contribution in [0.1, 0.15) is 34.0 Å². The highest BCUT2D eigenvalue weighted by Gasteiger charge is 2.18. The molecule has 2 rings (SSSR count). The van der Waals surface area contributed by atoms with Crippen molar-refractivity contribution in [2.75, 3.05) is 5.32 Å². The molecular formula is C17H16Br3NO. The molecule has 0 aliphatic rings. The minimum atomic E-state index is -0.120. The van der Waals surface area contributed by atoms with Crippen LogP contribution in [0.25, 0.3) is 0 Å². The van der Waals surface area contributed by atoms with Crippen LogP contribution in [-0.4, -0.2) is 5.91 Å². The highest BCUT2D eigenvalue weighted by Crippen LogP contribution is 2.41. The lowest BCUT2D eigenvalue weighted by Gasteiger charge is -2.16. The Morgan fingerprint density at radius 3 is 1.91 bits per heavy atom. The first-order valence-electron chi connectivity index (χ1n) is 6.90. The molecule has 0 bridgehead atoms. The van der Waals surface area contributed by atoms with E-state index >= 15 is 0 Å². The Morgan fingerprint density at radius 2 is 1.45 bits per heavy atom. The van der Waals surface area contributed by atoms with Gasteiger partial charge in [0.1, 0.15) is 0 Å². The fourth-order valence-electron chi connectivity index (χ4n) is 2.13. The molecule has 0 aliphatic heterocycles. The number of rotatable bonds is 3. The van der Waals surface area contributed by atoms with E-state index in [2.05, 4.69) is 60.0 Å². The van der Waals surface area contributed by atoms with E-state index in [1.807, 2.05) is 38.1 Å². The molecule has 0 atom stereocenters. The van der Waals surface area contributed by atoms with Gasteiger partial charge in [0.05, 0.1) is 5.69 Å². The number of hydrogen-bond donors (Lipinski definition) is 1. The summed E-state index contributed by atoms with van der Waals surface area (Å²) in [6, 6.07) is 7.68. The number of amides is 1. The van der Waals surface area contributed by atoms with Crippen molar-refractivity contribution in [1.29, 1.82) is 0 Å². The lowest BCUT2D eigenvalue weighted by molar-refractivity contribution is 0.102. The number of halogens is 3. The van der Waals surface area contributed by atoms with Gasteiger partial charge >= 0.3 is 0 Å². The van der Waals surface area contributed by atoms with Gasteiger partial charge in [0.15, 0.2) is 0 Å². The topological polar surface area (TPSA) is 29.1 Å². The zero-order valence-corrected chi connectivity index (χ0v) is 17.3. The summed E-state index contributed by atoms with van der Waals surface area (Å²) < 4.78 is 2.77. The quantitative estimate of drug-likeness (QED) is 0.530. The average molecular weight is 490 g/mol. The predicted molar refractivity (Wildman–Crippen MR) is 103 cm³/mol. The minimum absolute atomic E-state index is 0.120. The largest absolute Gasteiger partial charge is 0.320 e. The predicted octanol–water partition coefficient (Wildman–Crippen LogP) is 6.41. The Kier molecular flexibility index (Phi) is 5.86. The Bertz CT molecular complexity index is 695. The molecule has 0 unspecified atom stereocenters. The summed E-state index contributed by atoms with van der Waals surface area (Å²) in [6.07, 6.45) is 0.962. The van der Waals surface area contributed by atoms with Gasteiger partial charge in [-0.15, -0.1) is 0 Å². The van der Waals surface area contributed by atoms with Crippen LogP contribution >= 0.6 is 47.8 Å². The van der Waals surface area contributed by atoms with E-state index in [0.29, 0.717) is 5.56 Å². The molecular weight excluding hydrogens is 474 g/mol. The van der Waals surface area contributed by atoms with Gasteiger partial charge < -0.3 is 5.32 Å². The summed E-state index contributed by atoms with van der Waals surface area (Å²) in [7, 11) is 0. The SMILES string of the molecule is CCc1ccc(C(=O)Nc2c(Br)c(C)c(Br)c(C)c2Br)cc1. The molecule has 2 aromatic carbocycles. The molecule has 5 heteroatoms. The Hall–Kier alpha value is -0.650. The van der Waals surface area contributed by atoms with Crippen LogP contribution < -0.4 is 5.32 Å². The zero-order chi connectivity index (χ0) is 16.4. The maximum absolute atomic E-state index is 12.5. The molecule has 2 nitrogen and oxygen atoms in total. The van der Waals surface area contributed by atoms with Crippen molar-refractivity contribution in [3.63, 3.8) is 0 Å². The lowest BCUT2D eigenvalue weighted by Crippen LogP contribution is -2.13. The van der Waals surface area contributed by atoms with Gasteiger partial charge in [-0.3, -0.25) is 4.79 Å². The fraction of sp³-hybridized carbons (Fsp3) is 0.235. The van der Waals surface area contributed by atoms with Crippen LogP contribution in [0.3, 0.4) is 0 Å². The van der Waals surface area contributed by atoms with Gasteiger partial charge in [-0.25, -0.2) is 0 Å². The van der Waals surface area contributed by atoms with E-state index in [1.165, 1.54) is 5.56 Å². The lowest BCUT2D eigenvalue weighted by atomic mass is 10.1. The van der Waals surface area contributed by atoms with Crippen LogP contribution in [-0.2, 0) is 6.42 Å². The minimum Gasteiger partial charge on any atom is -0.320 e. The molecule has 0 aromatic heterocycles. The molecule has 0 saturated heterocycles. The third-order valence-electron chi connectivity index (χ3n) is 3.62. The van der Waals surface area contributed by atoms with Crippen molar-refractivity contribution >= 4 is 59.4 Å². The van der Waals surface area contributed by atoms with Crippen LogP contribution in [0.5, 0.6) is 0 Å². The molecule has 0 radical (unpaired) electrons. The second-order valence-corrected chi connectivity index (χ2v) is 7.45. The normalized spacial score (nSPS) is 10.6. The summed E-state index contributed by atoms with van der Waals surface area (Å²) >= 11 is 10.7. The van der Waals surface area contributed by atoms with Crippen LogP contribution in [0.4, 0.5) is 5.69 Å². The van der Waals surface area contributed by atoms with Crippen molar-refractivity contribution in [1.82, 2.24) is 0 Å². The maximum Gasteiger partial charge on any atom is 0.255 e. The molecule has 0 saturated carbocycles. The van der Waals surface area contributed by atoms with Crippen LogP contribution in [0.2, 0.25) is 0 Å². The first kappa shape index (κ1) is 17.7. The number of nitrogens with one attached hydrogen (secondary N) is 1. The average Bonchev–Trinajstić information content (AvgIpc) is 2.55. The number of carbonyl (C=O) groups excluding carboxylic acids is 1. The Morgan fingerprint density at radius 1 is 0.955 bits per heavy atom. The standard InChI is InChI=1S/C17H16Br3NO/c1-4-11-5-7-12(8-6-11)17(22)21-16-14(19)9(2)13(18)10(3)15(16)20/h5-8H,4H2,1-3H3,(H,21,22). The summed E-state index contributed by atoms with van der Waals surface area (Å²) in [6.45, 7) is 6.09. The number of carbonyl (C=O) groups is 1. The van der Waals surface area contributed by atoms with E-state index in [0.717, 1.165) is 36.7 Å². The molecule has 0 aliphatic carbocycles. The van der Waals surface area contributed by atoms with E-state index in [4.69, 9.17) is 0 Å². The number of aryl methyl sites for hydroxylation is 1. The Balaban J connectivity index is 2.36. The molecule has 116 valence electrons. The van der Waals surface area contributed by atoms with Gasteiger partial charge in [0.2, 0.25) is 0 Å². The van der Waals surface area contributed by atoms with Crippen molar-refractivity contribution < 1.29 is 4.79 Å². The second kappa shape index (κ2) is 7.28. The molecule has 1 amide bonds.